The monoisotopic (exact) mass is 295 g/mol. The molecule has 2 aromatic rings. The molecule has 3 rings (SSSR count). The average Bonchev–Trinajstić information content (AvgIpc) is 3.17. The van der Waals surface area contributed by atoms with Gasteiger partial charge in [0.15, 0.2) is 5.16 Å². The maximum atomic E-state index is 14.0. The zero-order valence-corrected chi connectivity index (χ0v) is 11.7. The van der Waals surface area contributed by atoms with E-state index in [2.05, 4.69) is 10.2 Å². The minimum atomic E-state index is -0.784. The zero-order chi connectivity index (χ0) is 14.3. The first kappa shape index (κ1) is 13.4. The number of rotatable bonds is 4. The van der Waals surface area contributed by atoms with Crippen LogP contribution in [-0.2, 0) is 0 Å². The van der Waals surface area contributed by atoms with Crippen LogP contribution in [0.4, 0.5) is 4.39 Å². The summed E-state index contributed by atoms with van der Waals surface area (Å²) in [6.07, 6.45) is 1.09. The van der Waals surface area contributed by atoms with Gasteiger partial charge in [0.25, 0.3) is 0 Å². The molecule has 0 unspecified atom stereocenters. The van der Waals surface area contributed by atoms with Crippen LogP contribution in [0.5, 0.6) is 0 Å². The molecule has 1 fully saturated rings. The number of benzene rings is 1. The van der Waals surface area contributed by atoms with E-state index in [1.807, 2.05) is 0 Å². The van der Waals surface area contributed by atoms with E-state index in [0.717, 1.165) is 24.6 Å². The maximum absolute atomic E-state index is 14.0. The largest absolute Gasteiger partial charge is 0.389 e. The summed E-state index contributed by atoms with van der Waals surface area (Å²) in [5.74, 6) is -0.425. The Hall–Kier alpha value is -1.60. The van der Waals surface area contributed by atoms with E-state index in [0.29, 0.717) is 15.6 Å². The molecular weight excluding hydrogens is 281 g/mol. The van der Waals surface area contributed by atoms with Crippen molar-refractivity contribution in [1.82, 2.24) is 14.8 Å². The molecule has 0 aliphatic heterocycles. The van der Waals surface area contributed by atoms with Gasteiger partial charge in [0.2, 0.25) is 0 Å². The molecule has 1 aliphatic carbocycles. The van der Waals surface area contributed by atoms with Crippen molar-refractivity contribution in [3.63, 3.8) is 0 Å². The van der Waals surface area contributed by atoms with E-state index < -0.39 is 11.9 Å². The number of nitrogens with zero attached hydrogens (tertiary/aromatic N) is 2. The van der Waals surface area contributed by atoms with E-state index in [9.17, 15) is 14.3 Å². The summed E-state index contributed by atoms with van der Waals surface area (Å²) in [7, 11) is 0. The third kappa shape index (κ3) is 2.38. The van der Waals surface area contributed by atoms with Crippen molar-refractivity contribution in [3.05, 3.63) is 40.1 Å². The van der Waals surface area contributed by atoms with E-state index in [4.69, 9.17) is 0 Å². The zero-order valence-electron chi connectivity index (χ0n) is 10.8. The number of aromatic nitrogens is 3. The lowest BCUT2D eigenvalue weighted by Crippen LogP contribution is -2.16. The van der Waals surface area contributed by atoms with Gasteiger partial charge in [-0.15, -0.1) is 5.10 Å². The number of aliphatic hydroxyl groups excluding tert-OH is 1. The van der Waals surface area contributed by atoms with Gasteiger partial charge in [0.1, 0.15) is 5.82 Å². The fraction of sp³-hybridized carbons (Fsp3) is 0.385. The highest BCUT2D eigenvalue weighted by Gasteiger charge is 2.29. The molecule has 0 saturated heterocycles. The van der Waals surface area contributed by atoms with Crippen molar-refractivity contribution in [2.75, 3.05) is 0 Å². The Morgan fingerprint density at radius 1 is 1.55 bits per heavy atom. The number of aliphatic hydroxyl groups is 1. The minimum absolute atomic E-state index is 0.158. The Labute approximate surface area is 118 Å². The van der Waals surface area contributed by atoms with Gasteiger partial charge < -0.3 is 5.11 Å². The number of hydrogen-bond acceptors (Lipinski definition) is 4. The van der Waals surface area contributed by atoms with Crippen molar-refractivity contribution in [1.29, 1.82) is 0 Å². The van der Waals surface area contributed by atoms with Gasteiger partial charge in [-0.25, -0.2) is 14.3 Å². The van der Waals surface area contributed by atoms with Gasteiger partial charge in [-0.2, -0.15) is 0 Å². The van der Waals surface area contributed by atoms with Crippen LogP contribution in [-0.4, -0.2) is 19.9 Å². The van der Waals surface area contributed by atoms with Gasteiger partial charge >= 0.3 is 5.69 Å². The molecule has 106 valence electrons. The van der Waals surface area contributed by atoms with E-state index in [-0.39, 0.29) is 11.7 Å². The lowest BCUT2D eigenvalue weighted by molar-refractivity contribution is 0.195. The molecule has 2 N–H and O–H groups in total. The number of halogens is 1. The molecule has 5 nitrogen and oxygen atoms in total. The first-order chi connectivity index (χ1) is 9.58. The second-order valence-electron chi connectivity index (χ2n) is 4.85. The van der Waals surface area contributed by atoms with E-state index in [1.165, 1.54) is 6.07 Å². The summed E-state index contributed by atoms with van der Waals surface area (Å²) in [5, 5.41) is 16.5. The van der Waals surface area contributed by atoms with Gasteiger partial charge in [-0.1, -0.05) is 12.1 Å². The quantitative estimate of drug-likeness (QED) is 0.907. The summed E-state index contributed by atoms with van der Waals surface area (Å²) in [4.78, 5) is 12.0. The minimum Gasteiger partial charge on any atom is -0.389 e. The Kier molecular flexibility index (Phi) is 3.39. The van der Waals surface area contributed by atoms with E-state index >= 15 is 0 Å². The van der Waals surface area contributed by atoms with Crippen LogP contribution in [0.25, 0.3) is 0 Å². The molecule has 1 saturated carbocycles. The smallest absolute Gasteiger partial charge is 0.344 e. The molecule has 1 aromatic heterocycles. The molecule has 7 heteroatoms. The summed E-state index contributed by atoms with van der Waals surface area (Å²) in [6.45, 7) is 1.58. The van der Waals surface area contributed by atoms with Crippen LogP contribution < -0.4 is 5.69 Å². The van der Waals surface area contributed by atoms with Crippen molar-refractivity contribution < 1.29 is 9.50 Å². The standard InChI is InChI=1S/C13H14FN3O2S/c1-7(18)9-3-2-4-10(14)11(9)20-13-16-15-12(19)17(13)8-5-6-8/h2-4,7-8,18H,5-6H2,1H3,(H,15,19)/t7-/m0/s1. The highest BCUT2D eigenvalue weighted by molar-refractivity contribution is 7.99. The van der Waals surface area contributed by atoms with Gasteiger partial charge in [0.05, 0.1) is 11.0 Å². The van der Waals surface area contributed by atoms with Gasteiger partial charge in [-0.3, -0.25) is 4.57 Å². The number of hydrogen-bond donors (Lipinski definition) is 2. The van der Waals surface area contributed by atoms with Crippen molar-refractivity contribution in [2.24, 2.45) is 0 Å². The second kappa shape index (κ2) is 5.06. The molecule has 1 aromatic carbocycles. The fourth-order valence-electron chi connectivity index (χ4n) is 2.07. The van der Waals surface area contributed by atoms with Crippen LogP contribution in [0.1, 0.15) is 37.5 Å². The summed E-state index contributed by atoms with van der Waals surface area (Å²) in [5.41, 5.74) is 0.220. The molecular formula is C13H14FN3O2S. The Balaban J connectivity index is 2.02. The van der Waals surface area contributed by atoms with Crippen molar-refractivity contribution in [3.8, 4) is 0 Å². The Morgan fingerprint density at radius 3 is 2.95 bits per heavy atom. The molecule has 0 radical (unpaired) electrons. The summed E-state index contributed by atoms with van der Waals surface area (Å²) >= 11 is 1.07. The molecule has 20 heavy (non-hydrogen) atoms. The number of aromatic amines is 1. The highest BCUT2D eigenvalue weighted by Crippen LogP contribution is 2.39. The van der Waals surface area contributed by atoms with Crippen LogP contribution in [0.2, 0.25) is 0 Å². The van der Waals surface area contributed by atoms with Crippen molar-refractivity contribution >= 4 is 11.8 Å². The second-order valence-corrected chi connectivity index (χ2v) is 5.83. The lowest BCUT2D eigenvalue weighted by Gasteiger charge is -2.12. The fourth-order valence-corrected chi connectivity index (χ4v) is 3.20. The van der Waals surface area contributed by atoms with Gasteiger partial charge in [0, 0.05) is 6.04 Å². The first-order valence-electron chi connectivity index (χ1n) is 6.39. The predicted octanol–water partition coefficient (Wildman–Crippen LogP) is 2.25. The molecule has 1 aliphatic rings. The summed E-state index contributed by atoms with van der Waals surface area (Å²) < 4.78 is 15.6. The normalized spacial score (nSPS) is 16.4. The summed E-state index contributed by atoms with van der Waals surface area (Å²) in [6, 6.07) is 4.72. The molecule has 1 atom stereocenters. The molecule has 0 spiro atoms. The van der Waals surface area contributed by atoms with E-state index in [1.54, 1.807) is 23.6 Å². The van der Waals surface area contributed by atoms with Gasteiger partial charge in [-0.05, 0) is 43.2 Å². The van der Waals surface area contributed by atoms with Crippen LogP contribution in [0.3, 0.4) is 0 Å². The SMILES string of the molecule is C[C@H](O)c1cccc(F)c1Sc1n[nH]c(=O)n1C1CC1. The lowest BCUT2D eigenvalue weighted by atomic mass is 10.1. The van der Waals surface area contributed by atoms with Crippen LogP contribution >= 0.6 is 11.8 Å². The first-order valence-corrected chi connectivity index (χ1v) is 7.21. The highest BCUT2D eigenvalue weighted by atomic mass is 32.2. The van der Waals surface area contributed by atoms with Crippen molar-refractivity contribution in [2.45, 2.75) is 42.0 Å². The topological polar surface area (TPSA) is 70.9 Å². The van der Waals surface area contributed by atoms with Crippen LogP contribution in [0.15, 0.2) is 33.0 Å². The van der Waals surface area contributed by atoms with Crippen LogP contribution in [0, 0.1) is 5.82 Å². The Bertz CT molecular complexity index is 691. The maximum Gasteiger partial charge on any atom is 0.344 e. The predicted molar refractivity (Wildman–Crippen MR) is 72.3 cm³/mol. The molecule has 1 heterocycles. The number of nitrogens with one attached hydrogen (secondary N) is 1. The molecule has 0 bridgehead atoms. The molecule has 0 amide bonds. The number of H-pyrrole nitrogens is 1. The Morgan fingerprint density at radius 2 is 2.30 bits per heavy atom. The third-order valence-corrected chi connectivity index (χ3v) is 4.33. The third-order valence-electron chi connectivity index (χ3n) is 3.22. The average molecular weight is 295 g/mol.